The zero-order chi connectivity index (χ0) is 16.7. The zero-order valence-corrected chi connectivity index (χ0v) is 13.1. The maximum atomic E-state index is 9.15. The second-order valence-corrected chi connectivity index (χ2v) is 4.82. The Kier molecular flexibility index (Phi) is 5.44. The van der Waals surface area contributed by atoms with E-state index in [-0.39, 0.29) is 0 Å². The molecule has 5 heteroatoms. The van der Waals surface area contributed by atoms with Gasteiger partial charge in [-0.05, 0) is 36.2 Å². The summed E-state index contributed by atoms with van der Waals surface area (Å²) in [6.07, 6.45) is 0.727. The number of para-hydroxylation sites is 1. The van der Waals surface area contributed by atoms with Gasteiger partial charge in [0.05, 0.1) is 31.0 Å². The fraction of sp³-hybridized carbons (Fsp3) is 0.222. The van der Waals surface area contributed by atoms with Crippen LogP contribution in [0.5, 0.6) is 11.5 Å². The lowest BCUT2D eigenvalue weighted by Gasteiger charge is -2.12. The highest BCUT2D eigenvalue weighted by atomic mass is 16.5. The summed E-state index contributed by atoms with van der Waals surface area (Å²) in [7, 11) is 3.20. The highest BCUT2D eigenvalue weighted by Crippen LogP contribution is 2.28. The van der Waals surface area contributed by atoms with Crippen LogP contribution >= 0.6 is 0 Å². The number of hydrogen-bond donors (Lipinski definition) is 1. The van der Waals surface area contributed by atoms with Crippen LogP contribution in [0.3, 0.4) is 0 Å². The van der Waals surface area contributed by atoms with Gasteiger partial charge < -0.3 is 14.8 Å². The van der Waals surface area contributed by atoms with E-state index in [4.69, 9.17) is 20.0 Å². The van der Waals surface area contributed by atoms with Gasteiger partial charge in [0, 0.05) is 6.54 Å². The molecule has 1 N–H and O–H groups in total. The van der Waals surface area contributed by atoms with Gasteiger partial charge in [-0.25, -0.2) is 0 Å². The van der Waals surface area contributed by atoms with Gasteiger partial charge in [0.1, 0.15) is 12.1 Å². The zero-order valence-electron chi connectivity index (χ0n) is 13.1. The molecule has 23 heavy (non-hydrogen) atoms. The van der Waals surface area contributed by atoms with Crippen molar-refractivity contribution < 1.29 is 9.47 Å². The predicted molar refractivity (Wildman–Crippen MR) is 87.6 cm³/mol. The summed E-state index contributed by atoms with van der Waals surface area (Å²) >= 11 is 0. The lowest BCUT2D eigenvalue weighted by molar-refractivity contribution is 0.354. The van der Waals surface area contributed by atoms with Gasteiger partial charge in [-0.2, -0.15) is 10.5 Å². The lowest BCUT2D eigenvalue weighted by atomic mass is 10.1. The van der Waals surface area contributed by atoms with Crippen molar-refractivity contribution in [1.82, 2.24) is 0 Å². The molecule has 0 radical (unpaired) electrons. The van der Waals surface area contributed by atoms with E-state index in [1.54, 1.807) is 32.4 Å². The van der Waals surface area contributed by atoms with Crippen LogP contribution in [0, 0.1) is 22.7 Å². The number of nitrogens with one attached hydrogen (secondary N) is 1. The smallest absolute Gasteiger partial charge is 0.160 e. The molecule has 116 valence electrons. The first-order chi connectivity index (χ1) is 11.2. The van der Waals surface area contributed by atoms with Crippen LogP contribution < -0.4 is 14.8 Å². The average molecular weight is 307 g/mol. The molecule has 2 aromatic carbocycles. The molecule has 2 aromatic rings. The molecule has 0 amide bonds. The van der Waals surface area contributed by atoms with Gasteiger partial charge in [0.2, 0.25) is 0 Å². The van der Waals surface area contributed by atoms with Crippen molar-refractivity contribution in [1.29, 1.82) is 10.5 Å². The molecular formula is C18H17N3O2. The Labute approximate surface area is 135 Å². The second kappa shape index (κ2) is 7.72. The summed E-state index contributed by atoms with van der Waals surface area (Å²) in [6.45, 7) is 0.600. The van der Waals surface area contributed by atoms with Crippen LogP contribution in [0.2, 0.25) is 0 Å². The number of benzene rings is 2. The Morgan fingerprint density at radius 2 is 1.61 bits per heavy atom. The normalized spacial score (nSPS) is 9.57. The molecule has 0 unspecified atom stereocenters. The van der Waals surface area contributed by atoms with Gasteiger partial charge >= 0.3 is 0 Å². The number of anilines is 1. The molecule has 0 aliphatic heterocycles. The summed E-state index contributed by atoms with van der Waals surface area (Å²) in [5.41, 5.74) is 2.59. The van der Waals surface area contributed by atoms with Crippen molar-refractivity contribution in [2.75, 3.05) is 26.1 Å². The highest BCUT2D eigenvalue weighted by molar-refractivity contribution is 5.66. The van der Waals surface area contributed by atoms with E-state index < -0.39 is 0 Å². The number of nitriles is 2. The number of methoxy groups -OCH3 is 2. The van der Waals surface area contributed by atoms with Gasteiger partial charge in [0.25, 0.3) is 0 Å². The minimum Gasteiger partial charge on any atom is -0.493 e. The maximum Gasteiger partial charge on any atom is 0.160 e. The Hall–Kier alpha value is -3.18. The third kappa shape index (κ3) is 3.72. The quantitative estimate of drug-likeness (QED) is 0.887. The van der Waals surface area contributed by atoms with E-state index in [1.807, 2.05) is 18.2 Å². The minimum absolute atomic E-state index is 0.469. The van der Waals surface area contributed by atoms with E-state index in [9.17, 15) is 0 Å². The molecule has 0 saturated heterocycles. The van der Waals surface area contributed by atoms with Crippen molar-refractivity contribution in [3.05, 3.63) is 53.1 Å². The SMILES string of the molecule is COc1ccc(CCNc2c(C#N)cccc2C#N)cc1OC. The van der Waals surface area contributed by atoms with Gasteiger partial charge in [-0.3, -0.25) is 0 Å². The van der Waals surface area contributed by atoms with Gasteiger partial charge in [-0.15, -0.1) is 0 Å². The fourth-order valence-electron chi connectivity index (χ4n) is 2.30. The average Bonchev–Trinajstić information content (AvgIpc) is 2.61. The first-order valence-electron chi connectivity index (χ1n) is 7.11. The molecular weight excluding hydrogens is 290 g/mol. The van der Waals surface area contributed by atoms with E-state index in [0.717, 1.165) is 12.0 Å². The number of rotatable bonds is 6. The van der Waals surface area contributed by atoms with Crippen LogP contribution in [0.15, 0.2) is 36.4 Å². The fourth-order valence-corrected chi connectivity index (χ4v) is 2.30. The van der Waals surface area contributed by atoms with Crippen molar-refractivity contribution in [2.24, 2.45) is 0 Å². The lowest BCUT2D eigenvalue weighted by Crippen LogP contribution is -2.08. The molecule has 0 fully saturated rings. The third-order valence-electron chi connectivity index (χ3n) is 3.47. The maximum absolute atomic E-state index is 9.15. The summed E-state index contributed by atoms with van der Waals surface area (Å²) in [5.74, 6) is 1.37. The summed E-state index contributed by atoms with van der Waals surface area (Å²) in [5, 5.41) is 21.5. The van der Waals surface area contributed by atoms with E-state index >= 15 is 0 Å². The van der Waals surface area contributed by atoms with Crippen LogP contribution in [0.4, 0.5) is 5.69 Å². The molecule has 0 saturated carbocycles. The minimum atomic E-state index is 0.469. The van der Waals surface area contributed by atoms with Crippen molar-refractivity contribution >= 4 is 5.69 Å². The molecule has 0 atom stereocenters. The molecule has 2 rings (SSSR count). The standard InChI is InChI=1S/C18H17N3O2/c1-22-16-7-6-13(10-17(16)23-2)8-9-21-18-14(11-19)4-3-5-15(18)12-20/h3-7,10,21H,8-9H2,1-2H3. The van der Waals surface area contributed by atoms with Crippen molar-refractivity contribution in [3.63, 3.8) is 0 Å². The number of nitrogens with zero attached hydrogens (tertiary/aromatic N) is 2. The van der Waals surface area contributed by atoms with Crippen molar-refractivity contribution in [2.45, 2.75) is 6.42 Å². The van der Waals surface area contributed by atoms with Crippen molar-refractivity contribution in [3.8, 4) is 23.6 Å². The Balaban J connectivity index is 2.09. The van der Waals surface area contributed by atoms with E-state index in [0.29, 0.717) is 34.9 Å². The summed E-state index contributed by atoms with van der Waals surface area (Å²) in [4.78, 5) is 0. The second-order valence-electron chi connectivity index (χ2n) is 4.82. The topological polar surface area (TPSA) is 78.1 Å². The monoisotopic (exact) mass is 307 g/mol. The number of ether oxygens (including phenoxy) is 2. The molecule has 0 bridgehead atoms. The van der Waals surface area contributed by atoms with E-state index in [2.05, 4.69) is 17.5 Å². The van der Waals surface area contributed by atoms with Crippen LogP contribution in [-0.4, -0.2) is 20.8 Å². The molecule has 0 aliphatic carbocycles. The third-order valence-corrected chi connectivity index (χ3v) is 3.47. The van der Waals surface area contributed by atoms with E-state index in [1.165, 1.54) is 0 Å². The first kappa shape index (κ1) is 16.2. The van der Waals surface area contributed by atoms with Gasteiger partial charge in [-0.1, -0.05) is 12.1 Å². The molecule has 5 nitrogen and oxygen atoms in total. The first-order valence-corrected chi connectivity index (χ1v) is 7.11. The Morgan fingerprint density at radius 1 is 0.957 bits per heavy atom. The molecule has 0 aliphatic rings. The number of hydrogen-bond acceptors (Lipinski definition) is 5. The van der Waals surface area contributed by atoms with Crippen LogP contribution in [-0.2, 0) is 6.42 Å². The molecule has 0 spiro atoms. The Morgan fingerprint density at radius 3 is 2.17 bits per heavy atom. The Bertz CT molecular complexity index is 741. The summed E-state index contributed by atoms with van der Waals surface area (Å²) < 4.78 is 10.5. The van der Waals surface area contributed by atoms with Crippen LogP contribution in [0.25, 0.3) is 0 Å². The predicted octanol–water partition coefficient (Wildman–Crippen LogP) is 3.10. The van der Waals surface area contributed by atoms with Gasteiger partial charge in [0.15, 0.2) is 11.5 Å². The largest absolute Gasteiger partial charge is 0.493 e. The highest BCUT2D eigenvalue weighted by Gasteiger charge is 2.08. The van der Waals surface area contributed by atoms with Crippen LogP contribution in [0.1, 0.15) is 16.7 Å². The molecule has 0 heterocycles. The molecule has 0 aromatic heterocycles. The summed E-state index contributed by atoms with van der Waals surface area (Å²) in [6, 6.07) is 15.0.